The van der Waals surface area contributed by atoms with Crippen molar-refractivity contribution in [1.82, 2.24) is 19.7 Å². The van der Waals surface area contributed by atoms with Crippen LogP contribution in [0.3, 0.4) is 0 Å². The first kappa shape index (κ1) is 14.1. The number of rotatable bonds is 3. The van der Waals surface area contributed by atoms with Crippen molar-refractivity contribution in [2.45, 2.75) is 19.6 Å². The van der Waals surface area contributed by atoms with Gasteiger partial charge in [0.1, 0.15) is 5.82 Å². The molecular formula is C11H13F3N6. The van der Waals surface area contributed by atoms with Gasteiger partial charge in [-0.2, -0.15) is 23.3 Å². The van der Waals surface area contributed by atoms with Crippen molar-refractivity contribution >= 4 is 11.8 Å². The maximum Gasteiger partial charge on any atom is 0.433 e. The Bertz CT molecular complexity index is 619. The van der Waals surface area contributed by atoms with Crippen LogP contribution in [-0.4, -0.2) is 19.7 Å². The molecule has 3 N–H and O–H groups in total. The highest BCUT2D eigenvalue weighted by Gasteiger charge is 2.33. The lowest BCUT2D eigenvalue weighted by atomic mass is 10.2. The van der Waals surface area contributed by atoms with Crippen molar-refractivity contribution in [3.8, 4) is 0 Å². The highest BCUT2D eigenvalue weighted by molar-refractivity contribution is 5.42. The highest BCUT2D eigenvalue weighted by Crippen LogP contribution is 2.29. The molecule has 20 heavy (non-hydrogen) atoms. The fourth-order valence-corrected chi connectivity index (χ4v) is 1.61. The standard InChI is InChI=1S/C11H13F3N6/c1-6-7(5-17-20(6)2)4-16-9-3-8(11(12,13)14)18-10(15)19-9/h3,5H,4H2,1-2H3,(H3,15,16,18,19). The van der Waals surface area contributed by atoms with Gasteiger partial charge in [0.05, 0.1) is 6.20 Å². The molecule has 9 heteroatoms. The van der Waals surface area contributed by atoms with Crippen LogP contribution >= 0.6 is 0 Å². The second-order valence-electron chi connectivity index (χ2n) is 4.23. The van der Waals surface area contributed by atoms with Crippen molar-refractivity contribution in [2.24, 2.45) is 7.05 Å². The maximum atomic E-state index is 12.6. The van der Waals surface area contributed by atoms with Gasteiger partial charge in [0.15, 0.2) is 5.69 Å². The number of nitrogens with two attached hydrogens (primary N) is 1. The summed E-state index contributed by atoms with van der Waals surface area (Å²) < 4.78 is 39.4. The van der Waals surface area contributed by atoms with E-state index in [1.807, 2.05) is 6.92 Å². The van der Waals surface area contributed by atoms with E-state index in [1.54, 1.807) is 17.9 Å². The third-order valence-corrected chi connectivity index (χ3v) is 2.83. The zero-order valence-corrected chi connectivity index (χ0v) is 10.9. The van der Waals surface area contributed by atoms with E-state index in [2.05, 4.69) is 20.4 Å². The number of hydrogen-bond acceptors (Lipinski definition) is 5. The molecule has 0 unspecified atom stereocenters. The van der Waals surface area contributed by atoms with Crippen LogP contribution in [0.4, 0.5) is 24.9 Å². The predicted molar refractivity (Wildman–Crippen MR) is 66.7 cm³/mol. The molecule has 0 aromatic carbocycles. The number of hydrogen-bond donors (Lipinski definition) is 2. The zero-order valence-electron chi connectivity index (χ0n) is 10.9. The molecule has 0 aliphatic heterocycles. The summed E-state index contributed by atoms with van der Waals surface area (Å²) in [7, 11) is 1.78. The second-order valence-corrected chi connectivity index (χ2v) is 4.23. The molecule has 6 nitrogen and oxygen atoms in total. The maximum absolute atomic E-state index is 12.6. The van der Waals surface area contributed by atoms with E-state index in [-0.39, 0.29) is 5.82 Å². The molecule has 0 atom stereocenters. The molecule has 0 saturated carbocycles. The Morgan fingerprint density at radius 2 is 2.05 bits per heavy atom. The van der Waals surface area contributed by atoms with E-state index in [4.69, 9.17) is 5.73 Å². The normalized spacial score (nSPS) is 11.7. The van der Waals surface area contributed by atoms with Crippen LogP contribution in [0.5, 0.6) is 0 Å². The van der Waals surface area contributed by atoms with Crippen molar-refractivity contribution in [1.29, 1.82) is 0 Å². The average Bonchev–Trinajstić information content (AvgIpc) is 2.66. The van der Waals surface area contributed by atoms with Crippen molar-refractivity contribution in [3.05, 3.63) is 29.2 Å². The fourth-order valence-electron chi connectivity index (χ4n) is 1.61. The molecule has 2 aromatic heterocycles. The predicted octanol–water partition coefficient (Wildman–Crippen LogP) is 1.73. The summed E-state index contributed by atoms with van der Waals surface area (Å²) in [6, 6.07) is 0.821. The van der Waals surface area contributed by atoms with Gasteiger partial charge in [-0.1, -0.05) is 0 Å². The molecule has 0 spiro atoms. The highest BCUT2D eigenvalue weighted by atomic mass is 19.4. The minimum absolute atomic E-state index is 0.0214. The first-order valence-corrected chi connectivity index (χ1v) is 5.70. The van der Waals surface area contributed by atoms with Crippen LogP contribution in [-0.2, 0) is 19.8 Å². The van der Waals surface area contributed by atoms with E-state index < -0.39 is 17.8 Å². The summed E-state index contributed by atoms with van der Waals surface area (Å²) in [5.41, 5.74) is 5.98. The van der Waals surface area contributed by atoms with Crippen LogP contribution in [0.1, 0.15) is 17.0 Å². The van der Waals surface area contributed by atoms with Crippen LogP contribution < -0.4 is 11.1 Å². The van der Waals surface area contributed by atoms with E-state index in [1.165, 1.54) is 0 Å². The van der Waals surface area contributed by atoms with Gasteiger partial charge in [0.25, 0.3) is 0 Å². The molecule has 0 aliphatic rings. The van der Waals surface area contributed by atoms with Gasteiger partial charge in [0.2, 0.25) is 5.95 Å². The average molecular weight is 286 g/mol. The van der Waals surface area contributed by atoms with Gasteiger partial charge in [-0.15, -0.1) is 0 Å². The van der Waals surface area contributed by atoms with E-state index in [0.717, 1.165) is 17.3 Å². The summed E-state index contributed by atoms with van der Waals surface area (Å²) in [5.74, 6) is -0.404. The first-order chi connectivity index (χ1) is 9.27. The van der Waals surface area contributed by atoms with Crippen molar-refractivity contribution in [3.63, 3.8) is 0 Å². The number of nitrogens with zero attached hydrogens (tertiary/aromatic N) is 4. The van der Waals surface area contributed by atoms with Crippen molar-refractivity contribution < 1.29 is 13.2 Å². The van der Waals surface area contributed by atoms with E-state index in [9.17, 15) is 13.2 Å². The molecule has 0 bridgehead atoms. The Hall–Kier alpha value is -2.32. The molecule has 2 rings (SSSR count). The topological polar surface area (TPSA) is 81.7 Å². The number of nitrogens with one attached hydrogen (secondary N) is 1. The number of aryl methyl sites for hydroxylation is 1. The molecular weight excluding hydrogens is 273 g/mol. The number of halogens is 3. The Morgan fingerprint density at radius 3 is 2.60 bits per heavy atom. The summed E-state index contributed by atoms with van der Waals surface area (Å²) in [6.45, 7) is 2.16. The van der Waals surface area contributed by atoms with E-state index >= 15 is 0 Å². The quantitative estimate of drug-likeness (QED) is 0.898. The minimum atomic E-state index is -4.56. The lowest BCUT2D eigenvalue weighted by molar-refractivity contribution is -0.141. The summed E-state index contributed by atoms with van der Waals surface area (Å²) in [5, 5.41) is 6.83. The van der Waals surface area contributed by atoms with Gasteiger partial charge in [-0.05, 0) is 6.92 Å². The third kappa shape index (κ3) is 2.98. The van der Waals surface area contributed by atoms with E-state index in [0.29, 0.717) is 6.54 Å². The van der Waals surface area contributed by atoms with Crippen molar-refractivity contribution in [2.75, 3.05) is 11.1 Å². The molecule has 2 heterocycles. The first-order valence-electron chi connectivity index (χ1n) is 5.70. The van der Waals surface area contributed by atoms with Gasteiger partial charge in [-0.25, -0.2) is 4.98 Å². The van der Waals surface area contributed by atoms with Gasteiger partial charge < -0.3 is 11.1 Å². The van der Waals surface area contributed by atoms with Gasteiger partial charge in [-0.3, -0.25) is 4.68 Å². The van der Waals surface area contributed by atoms with Crippen LogP contribution in [0.25, 0.3) is 0 Å². The molecule has 0 saturated heterocycles. The van der Waals surface area contributed by atoms with Crippen LogP contribution in [0, 0.1) is 6.92 Å². The number of anilines is 2. The largest absolute Gasteiger partial charge is 0.433 e. The van der Waals surface area contributed by atoms with Gasteiger partial charge in [0, 0.05) is 30.9 Å². The summed E-state index contributed by atoms with van der Waals surface area (Å²) in [6.07, 6.45) is -2.92. The third-order valence-electron chi connectivity index (χ3n) is 2.83. The Kier molecular flexibility index (Phi) is 3.51. The lowest BCUT2D eigenvalue weighted by Gasteiger charge is -2.10. The molecule has 0 amide bonds. The molecule has 2 aromatic rings. The van der Waals surface area contributed by atoms with Crippen LogP contribution in [0.2, 0.25) is 0 Å². The Balaban J connectivity index is 2.18. The number of aromatic nitrogens is 4. The Morgan fingerprint density at radius 1 is 1.35 bits per heavy atom. The summed E-state index contributed by atoms with van der Waals surface area (Å²) >= 11 is 0. The smallest absolute Gasteiger partial charge is 0.368 e. The summed E-state index contributed by atoms with van der Waals surface area (Å²) in [4.78, 5) is 6.89. The molecule has 0 fully saturated rings. The zero-order chi connectivity index (χ0) is 14.9. The molecule has 0 radical (unpaired) electrons. The monoisotopic (exact) mass is 286 g/mol. The minimum Gasteiger partial charge on any atom is -0.368 e. The number of alkyl halides is 3. The Labute approximate surface area is 112 Å². The van der Waals surface area contributed by atoms with Gasteiger partial charge >= 0.3 is 6.18 Å². The second kappa shape index (κ2) is 4.99. The SMILES string of the molecule is Cc1c(CNc2cc(C(F)(F)F)nc(N)n2)cnn1C. The molecule has 0 aliphatic carbocycles. The fraction of sp³-hybridized carbons (Fsp3) is 0.364. The van der Waals surface area contributed by atoms with Crippen LogP contribution in [0.15, 0.2) is 12.3 Å². The number of nitrogen functional groups attached to an aromatic ring is 1. The molecule has 108 valence electrons. The lowest BCUT2D eigenvalue weighted by Crippen LogP contribution is -2.13.